The summed E-state index contributed by atoms with van der Waals surface area (Å²) < 4.78 is 0. The Bertz CT molecular complexity index is 199. The van der Waals surface area contributed by atoms with Crippen molar-refractivity contribution in [3.05, 3.63) is 0 Å². The molecule has 2 fully saturated rings. The molecule has 4 nitrogen and oxygen atoms in total. The topological polar surface area (TPSA) is 52.6 Å². The summed E-state index contributed by atoms with van der Waals surface area (Å²) >= 11 is 0. The number of nitrogens with zero attached hydrogens (tertiary/aromatic N) is 1. The van der Waals surface area contributed by atoms with Crippen LogP contribution >= 0.6 is 0 Å². The van der Waals surface area contributed by atoms with Gasteiger partial charge in [-0.3, -0.25) is 0 Å². The smallest absolute Gasteiger partial charge is 0.407 e. The number of carboxylic acid groups (broad SMARTS) is 1. The summed E-state index contributed by atoms with van der Waals surface area (Å²) in [5.74, 6) is 0. The quantitative estimate of drug-likeness (QED) is 0.556. The molecular formula is C8H14N2O2. The third-order valence-corrected chi connectivity index (χ3v) is 3.14. The largest absolute Gasteiger partial charge is 0.465 e. The normalized spacial score (nSPS) is 26.8. The van der Waals surface area contributed by atoms with Crippen molar-refractivity contribution < 1.29 is 9.90 Å². The molecule has 4 heteroatoms. The van der Waals surface area contributed by atoms with Gasteiger partial charge in [0.15, 0.2) is 0 Å². The fourth-order valence-electron chi connectivity index (χ4n) is 2.25. The second-order valence-electron chi connectivity index (χ2n) is 3.66. The summed E-state index contributed by atoms with van der Waals surface area (Å²) in [5, 5.41) is 12.1. The molecule has 12 heavy (non-hydrogen) atoms. The van der Waals surface area contributed by atoms with Gasteiger partial charge in [0.25, 0.3) is 0 Å². The molecule has 1 spiro atoms. The summed E-state index contributed by atoms with van der Waals surface area (Å²) in [4.78, 5) is 12.4. The fraction of sp³-hybridized carbons (Fsp3) is 0.875. The summed E-state index contributed by atoms with van der Waals surface area (Å²) in [6.07, 6.45) is 2.28. The molecule has 0 bridgehead atoms. The number of hydrogen-bond acceptors (Lipinski definition) is 2. The summed E-state index contributed by atoms with van der Waals surface area (Å²) in [6, 6.07) is 0. The van der Waals surface area contributed by atoms with Crippen LogP contribution in [0.4, 0.5) is 4.79 Å². The molecule has 2 aliphatic rings. The van der Waals surface area contributed by atoms with E-state index >= 15 is 0 Å². The van der Waals surface area contributed by atoms with Crippen LogP contribution in [-0.2, 0) is 0 Å². The maximum absolute atomic E-state index is 10.8. The van der Waals surface area contributed by atoms with Gasteiger partial charge in [-0.15, -0.1) is 0 Å². The van der Waals surface area contributed by atoms with E-state index in [0.717, 1.165) is 38.9 Å². The van der Waals surface area contributed by atoms with Crippen LogP contribution in [0, 0.1) is 0 Å². The zero-order chi connectivity index (χ0) is 8.60. The van der Waals surface area contributed by atoms with Crippen LogP contribution in [0.15, 0.2) is 0 Å². The molecule has 0 aliphatic carbocycles. The number of hydrogen-bond donors (Lipinski definition) is 2. The highest BCUT2D eigenvalue weighted by Gasteiger charge is 2.47. The van der Waals surface area contributed by atoms with Crippen molar-refractivity contribution in [1.29, 1.82) is 0 Å². The summed E-state index contributed by atoms with van der Waals surface area (Å²) in [5.41, 5.74) is 0.0110. The molecule has 1 amide bonds. The lowest BCUT2D eigenvalue weighted by atomic mass is 9.77. The molecule has 2 aliphatic heterocycles. The highest BCUT2D eigenvalue weighted by molar-refractivity contribution is 5.67. The Morgan fingerprint density at radius 1 is 1.33 bits per heavy atom. The third-order valence-electron chi connectivity index (χ3n) is 3.14. The van der Waals surface area contributed by atoms with Gasteiger partial charge in [-0.25, -0.2) is 4.79 Å². The summed E-state index contributed by atoms with van der Waals surface area (Å²) in [7, 11) is 0. The second kappa shape index (κ2) is 2.62. The van der Waals surface area contributed by atoms with E-state index in [-0.39, 0.29) is 5.54 Å². The van der Waals surface area contributed by atoms with E-state index in [1.807, 2.05) is 0 Å². The Balaban J connectivity index is 2.05. The van der Waals surface area contributed by atoms with Crippen molar-refractivity contribution in [2.24, 2.45) is 0 Å². The van der Waals surface area contributed by atoms with Crippen LogP contribution < -0.4 is 5.32 Å². The number of likely N-dealkylation sites (tertiary alicyclic amines) is 1. The molecule has 0 atom stereocenters. The van der Waals surface area contributed by atoms with Crippen LogP contribution in [0.1, 0.15) is 19.3 Å². The third kappa shape index (κ3) is 0.982. The molecule has 0 saturated carbocycles. The Labute approximate surface area is 71.5 Å². The van der Waals surface area contributed by atoms with Crippen molar-refractivity contribution in [3.63, 3.8) is 0 Å². The van der Waals surface area contributed by atoms with Gasteiger partial charge in [-0.2, -0.15) is 0 Å². The number of piperidine rings is 1. The lowest BCUT2D eigenvalue weighted by Gasteiger charge is -2.53. The van der Waals surface area contributed by atoms with Gasteiger partial charge >= 0.3 is 6.09 Å². The van der Waals surface area contributed by atoms with E-state index in [0.29, 0.717) is 0 Å². The highest BCUT2D eigenvalue weighted by atomic mass is 16.4. The first-order valence-electron chi connectivity index (χ1n) is 4.46. The Kier molecular flexibility index (Phi) is 1.72. The monoisotopic (exact) mass is 170 g/mol. The lowest BCUT2D eigenvalue weighted by Crippen LogP contribution is -2.65. The van der Waals surface area contributed by atoms with E-state index in [1.165, 1.54) is 0 Å². The van der Waals surface area contributed by atoms with Gasteiger partial charge in [0, 0.05) is 6.54 Å². The van der Waals surface area contributed by atoms with Crippen molar-refractivity contribution in [2.75, 3.05) is 19.6 Å². The minimum atomic E-state index is -0.747. The molecule has 0 aromatic rings. The maximum atomic E-state index is 10.8. The molecule has 2 saturated heterocycles. The number of rotatable bonds is 0. The number of carbonyl (C=O) groups is 1. The first-order valence-corrected chi connectivity index (χ1v) is 4.46. The minimum Gasteiger partial charge on any atom is -0.465 e. The molecule has 0 unspecified atom stereocenters. The molecular weight excluding hydrogens is 156 g/mol. The van der Waals surface area contributed by atoms with Gasteiger partial charge in [0.05, 0.1) is 5.54 Å². The Hall–Kier alpha value is -0.770. The zero-order valence-electron chi connectivity index (χ0n) is 7.05. The van der Waals surface area contributed by atoms with E-state index in [9.17, 15) is 4.79 Å². The molecule has 2 rings (SSSR count). The molecule has 2 N–H and O–H groups in total. The minimum absolute atomic E-state index is 0.0110. The Morgan fingerprint density at radius 3 is 2.42 bits per heavy atom. The number of nitrogens with one attached hydrogen (secondary N) is 1. The van der Waals surface area contributed by atoms with Crippen molar-refractivity contribution in [1.82, 2.24) is 10.2 Å². The SMILES string of the molecule is O=C(O)N1CCC12CCNCC2. The fourth-order valence-corrected chi connectivity index (χ4v) is 2.25. The van der Waals surface area contributed by atoms with Crippen molar-refractivity contribution in [2.45, 2.75) is 24.8 Å². The molecule has 2 heterocycles. The van der Waals surface area contributed by atoms with Crippen LogP contribution in [0.5, 0.6) is 0 Å². The first-order chi connectivity index (χ1) is 5.75. The molecule has 0 aromatic carbocycles. The molecule has 0 radical (unpaired) electrons. The van der Waals surface area contributed by atoms with Gasteiger partial charge in [0.2, 0.25) is 0 Å². The van der Waals surface area contributed by atoms with Crippen LogP contribution in [-0.4, -0.2) is 41.3 Å². The van der Waals surface area contributed by atoms with Crippen LogP contribution in [0.2, 0.25) is 0 Å². The summed E-state index contributed by atoms with van der Waals surface area (Å²) in [6.45, 7) is 2.66. The molecule has 0 aromatic heterocycles. The van der Waals surface area contributed by atoms with E-state index in [2.05, 4.69) is 5.32 Å². The second-order valence-corrected chi connectivity index (χ2v) is 3.66. The number of amides is 1. The molecule has 68 valence electrons. The van der Waals surface area contributed by atoms with Gasteiger partial charge in [-0.1, -0.05) is 0 Å². The van der Waals surface area contributed by atoms with E-state index in [1.54, 1.807) is 4.90 Å². The van der Waals surface area contributed by atoms with Gasteiger partial charge < -0.3 is 15.3 Å². The van der Waals surface area contributed by atoms with Gasteiger partial charge in [0.1, 0.15) is 0 Å². The average Bonchev–Trinajstić information content (AvgIpc) is 2.03. The lowest BCUT2D eigenvalue weighted by molar-refractivity contribution is -0.0197. The zero-order valence-corrected chi connectivity index (χ0v) is 7.05. The highest BCUT2D eigenvalue weighted by Crippen LogP contribution is 2.37. The van der Waals surface area contributed by atoms with E-state index in [4.69, 9.17) is 5.11 Å². The predicted octanol–water partition coefficient (Wildman–Crippen LogP) is 0.492. The maximum Gasteiger partial charge on any atom is 0.407 e. The van der Waals surface area contributed by atoms with Crippen molar-refractivity contribution in [3.8, 4) is 0 Å². The van der Waals surface area contributed by atoms with Gasteiger partial charge in [-0.05, 0) is 32.4 Å². The predicted molar refractivity (Wildman–Crippen MR) is 44.2 cm³/mol. The standard InChI is InChI=1S/C8H14N2O2/c11-7(12)10-6-3-8(10)1-4-9-5-2-8/h9H,1-6H2,(H,11,12). The average molecular weight is 170 g/mol. The van der Waals surface area contributed by atoms with Crippen LogP contribution in [0.25, 0.3) is 0 Å². The van der Waals surface area contributed by atoms with Crippen molar-refractivity contribution >= 4 is 6.09 Å². The Morgan fingerprint density at radius 2 is 2.00 bits per heavy atom. The van der Waals surface area contributed by atoms with E-state index < -0.39 is 6.09 Å². The van der Waals surface area contributed by atoms with Crippen LogP contribution in [0.3, 0.4) is 0 Å². The first kappa shape index (κ1) is 7.86.